The largest absolute Gasteiger partial charge is 0.409 e. The lowest BCUT2D eigenvalue weighted by Gasteiger charge is -2.36. The molecule has 7 heteroatoms. The molecule has 0 bridgehead atoms. The molecule has 1 aliphatic rings. The van der Waals surface area contributed by atoms with E-state index in [-0.39, 0.29) is 5.84 Å². The zero-order valence-corrected chi connectivity index (χ0v) is 11.3. The molecule has 0 saturated carbocycles. The molecule has 104 valence electrons. The quantitative estimate of drug-likeness (QED) is 0.348. The topological polar surface area (TPSA) is 90.9 Å². The molecule has 0 spiro atoms. The molecule has 1 aliphatic heterocycles. The van der Waals surface area contributed by atoms with Crippen molar-refractivity contribution in [1.82, 2.24) is 14.9 Å². The molecule has 7 nitrogen and oxygen atoms in total. The Kier molecular flexibility index (Phi) is 4.16. The summed E-state index contributed by atoms with van der Waals surface area (Å²) in [5, 5.41) is 11.5. The van der Waals surface area contributed by atoms with Crippen molar-refractivity contribution in [2.24, 2.45) is 10.9 Å². The third-order valence-corrected chi connectivity index (χ3v) is 3.46. The number of amidine groups is 1. The van der Waals surface area contributed by atoms with E-state index >= 15 is 0 Å². The van der Waals surface area contributed by atoms with Gasteiger partial charge in [-0.1, -0.05) is 5.16 Å². The predicted molar refractivity (Wildman–Crippen MR) is 73.5 cm³/mol. The Morgan fingerprint density at radius 3 is 2.84 bits per heavy atom. The first kappa shape index (κ1) is 13.5. The Hall–Kier alpha value is -1.89. The highest BCUT2D eigenvalue weighted by molar-refractivity contribution is 5.94. The van der Waals surface area contributed by atoms with E-state index in [0.717, 1.165) is 25.3 Å². The van der Waals surface area contributed by atoms with Crippen LogP contribution in [0.3, 0.4) is 0 Å². The summed E-state index contributed by atoms with van der Waals surface area (Å²) in [4.78, 5) is 13.0. The Morgan fingerprint density at radius 2 is 2.26 bits per heavy atom. The maximum Gasteiger partial charge on any atom is 0.190 e. The van der Waals surface area contributed by atoms with Gasteiger partial charge in [0.1, 0.15) is 11.5 Å². The van der Waals surface area contributed by atoms with Crippen LogP contribution < -0.4 is 10.6 Å². The van der Waals surface area contributed by atoms with E-state index < -0.39 is 0 Å². The molecule has 1 fully saturated rings. The van der Waals surface area contributed by atoms with Gasteiger partial charge in [-0.15, -0.1) is 0 Å². The van der Waals surface area contributed by atoms with Gasteiger partial charge in [-0.3, -0.25) is 0 Å². The highest BCUT2D eigenvalue weighted by atomic mass is 16.4. The summed E-state index contributed by atoms with van der Waals surface area (Å²) in [6, 6.07) is 0.541. The predicted octanol–water partition coefficient (Wildman–Crippen LogP) is 0.102. The molecule has 2 rings (SSSR count). The van der Waals surface area contributed by atoms with E-state index in [1.54, 1.807) is 6.20 Å². The maximum atomic E-state index is 8.58. The van der Waals surface area contributed by atoms with Crippen molar-refractivity contribution in [3.8, 4) is 0 Å². The lowest BCUT2D eigenvalue weighted by molar-refractivity contribution is 0.257. The molecule has 1 atom stereocenters. The molecular formula is C12H20N6O. The van der Waals surface area contributed by atoms with Crippen LogP contribution in [0.25, 0.3) is 0 Å². The second-order valence-electron chi connectivity index (χ2n) is 4.95. The first-order chi connectivity index (χ1) is 9.11. The van der Waals surface area contributed by atoms with Crippen molar-refractivity contribution in [2.45, 2.75) is 18.9 Å². The molecule has 19 heavy (non-hydrogen) atoms. The smallest absolute Gasteiger partial charge is 0.190 e. The number of nitrogens with zero attached hydrogens (tertiary/aromatic N) is 5. The van der Waals surface area contributed by atoms with Crippen molar-refractivity contribution < 1.29 is 5.21 Å². The zero-order chi connectivity index (χ0) is 13.8. The van der Waals surface area contributed by atoms with Crippen LogP contribution in [-0.4, -0.2) is 59.1 Å². The van der Waals surface area contributed by atoms with Crippen LogP contribution in [0.4, 0.5) is 5.82 Å². The number of rotatable bonds is 3. The third-order valence-electron chi connectivity index (χ3n) is 3.46. The Labute approximate surface area is 112 Å². The second-order valence-corrected chi connectivity index (χ2v) is 4.95. The van der Waals surface area contributed by atoms with Crippen molar-refractivity contribution in [1.29, 1.82) is 0 Å². The lowest BCUT2D eigenvalue weighted by atomic mass is 10.1. The first-order valence-electron chi connectivity index (χ1n) is 6.33. The van der Waals surface area contributed by atoms with Gasteiger partial charge in [0.2, 0.25) is 0 Å². The SMILES string of the molecule is CN(C)C1CCCN(c2cnc(C(N)=NO)cn2)C1. The van der Waals surface area contributed by atoms with Crippen LogP contribution in [0.5, 0.6) is 0 Å². The van der Waals surface area contributed by atoms with E-state index in [4.69, 9.17) is 10.9 Å². The summed E-state index contributed by atoms with van der Waals surface area (Å²) < 4.78 is 0. The molecule has 3 N–H and O–H groups in total. The first-order valence-corrected chi connectivity index (χ1v) is 6.33. The van der Waals surface area contributed by atoms with Crippen molar-refractivity contribution in [3.05, 3.63) is 18.1 Å². The highest BCUT2D eigenvalue weighted by Gasteiger charge is 2.22. The summed E-state index contributed by atoms with van der Waals surface area (Å²) in [6.07, 6.45) is 5.56. The van der Waals surface area contributed by atoms with E-state index in [0.29, 0.717) is 11.7 Å². The third kappa shape index (κ3) is 3.11. The minimum absolute atomic E-state index is 0.0242. The van der Waals surface area contributed by atoms with Gasteiger partial charge in [0, 0.05) is 19.1 Å². The molecule has 1 unspecified atom stereocenters. The maximum absolute atomic E-state index is 8.58. The van der Waals surface area contributed by atoms with Gasteiger partial charge in [0.25, 0.3) is 0 Å². The fourth-order valence-corrected chi connectivity index (χ4v) is 2.25. The summed E-state index contributed by atoms with van der Waals surface area (Å²) >= 11 is 0. The van der Waals surface area contributed by atoms with E-state index in [9.17, 15) is 0 Å². The minimum Gasteiger partial charge on any atom is -0.409 e. The minimum atomic E-state index is -0.0242. The Balaban J connectivity index is 2.09. The number of hydrogen-bond donors (Lipinski definition) is 2. The average Bonchev–Trinajstić information content (AvgIpc) is 2.46. The molecule has 2 heterocycles. The Bertz CT molecular complexity index is 444. The summed E-state index contributed by atoms with van der Waals surface area (Å²) in [5.74, 6) is 0.810. The molecule has 1 saturated heterocycles. The number of anilines is 1. The molecule has 0 amide bonds. The van der Waals surface area contributed by atoms with Gasteiger partial charge in [-0.25, -0.2) is 9.97 Å². The van der Waals surface area contributed by atoms with Crippen molar-refractivity contribution in [2.75, 3.05) is 32.1 Å². The molecule has 0 aliphatic carbocycles. The van der Waals surface area contributed by atoms with Gasteiger partial charge in [0.05, 0.1) is 12.4 Å². The van der Waals surface area contributed by atoms with Crippen LogP contribution in [0, 0.1) is 0 Å². The fraction of sp³-hybridized carbons (Fsp3) is 0.583. The summed E-state index contributed by atoms with van der Waals surface area (Å²) in [5.41, 5.74) is 5.84. The molecule has 1 aromatic heterocycles. The number of hydrogen-bond acceptors (Lipinski definition) is 6. The van der Waals surface area contributed by atoms with Crippen LogP contribution in [0.15, 0.2) is 17.5 Å². The van der Waals surface area contributed by atoms with Crippen molar-refractivity contribution >= 4 is 11.7 Å². The van der Waals surface area contributed by atoms with Gasteiger partial charge < -0.3 is 20.7 Å². The molecule has 1 aromatic rings. The summed E-state index contributed by atoms with van der Waals surface area (Å²) in [6.45, 7) is 1.94. The number of piperidine rings is 1. The van der Waals surface area contributed by atoms with Crippen LogP contribution >= 0.6 is 0 Å². The lowest BCUT2D eigenvalue weighted by Crippen LogP contribution is -2.45. The van der Waals surface area contributed by atoms with Gasteiger partial charge in [0.15, 0.2) is 5.84 Å². The van der Waals surface area contributed by atoms with Gasteiger partial charge in [-0.05, 0) is 26.9 Å². The van der Waals surface area contributed by atoms with Gasteiger partial charge >= 0.3 is 0 Å². The monoisotopic (exact) mass is 264 g/mol. The number of nitrogens with two attached hydrogens (primary N) is 1. The second kappa shape index (κ2) is 5.83. The number of oxime groups is 1. The summed E-state index contributed by atoms with van der Waals surface area (Å²) in [7, 11) is 4.20. The van der Waals surface area contributed by atoms with E-state index in [1.165, 1.54) is 12.6 Å². The normalized spacial score (nSPS) is 20.9. The fourth-order valence-electron chi connectivity index (χ4n) is 2.25. The molecule has 0 aromatic carbocycles. The van der Waals surface area contributed by atoms with Crippen molar-refractivity contribution in [3.63, 3.8) is 0 Å². The van der Waals surface area contributed by atoms with E-state index in [1.807, 2.05) is 0 Å². The van der Waals surface area contributed by atoms with Crippen LogP contribution in [-0.2, 0) is 0 Å². The van der Waals surface area contributed by atoms with Crippen LogP contribution in [0.1, 0.15) is 18.5 Å². The number of aromatic nitrogens is 2. The zero-order valence-electron chi connectivity index (χ0n) is 11.3. The highest BCUT2D eigenvalue weighted by Crippen LogP contribution is 2.19. The van der Waals surface area contributed by atoms with E-state index in [2.05, 4.69) is 39.0 Å². The van der Waals surface area contributed by atoms with Crippen LogP contribution in [0.2, 0.25) is 0 Å². The molecule has 0 radical (unpaired) electrons. The van der Waals surface area contributed by atoms with Gasteiger partial charge in [-0.2, -0.15) is 0 Å². The standard InChI is InChI=1S/C12H20N6O/c1-17(2)9-4-3-5-18(8-9)11-7-14-10(6-15-11)12(13)16-19/h6-7,9,19H,3-5,8H2,1-2H3,(H2,13,16). The Morgan fingerprint density at radius 1 is 1.47 bits per heavy atom. The molecular weight excluding hydrogens is 244 g/mol. The number of likely N-dealkylation sites (N-methyl/N-ethyl adjacent to an activating group) is 1. The average molecular weight is 264 g/mol.